The van der Waals surface area contributed by atoms with Gasteiger partial charge >= 0.3 is 47.8 Å². The third-order valence-corrected chi connectivity index (χ3v) is 15.7. The maximum absolute atomic E-state index is 13.9. The van der Waals surface area contributed by atoms with Crippen molar-refractivity contribution in [1.29, 1.82) is 0 Å². The molecule has 0 bridgehead atoms. The summed E-state index contributed by atoms with van der Waals surface area (Å²) < 4.78 is 67.1. The zero-order valence-electron chi connectivity index (χ0n) is 59.3. The van der Waals surface area contributed by atoms with Crippen LogP contribution in [0.25, 0.3) is 0 Å². The van der Waals surface area contributed by atoms with Crippen molar-refractivity contribution < 1.29 is 95.2 Å². The number of carbonyl (C=O) groups is 8. The van der Waals surface area contributed by atoms with Crippen LogP contribution in [-0.2, 0) is 38.1 Å². The van der Waals surface area contributed by atoms with Gasteiger partial charge in [-0.1, -0.05) is 26.3 Å². The van der Waals surface area contributed by atoms with Crippen molar-refractivity contribution in [3.8, 4) is 46.0 Å². The lowest BCUT2D eigenvalue weighted by atomic mass is 10.0. The number of unbranched alkanes of at least 4 members (excludes halogenated alkanes) is 12. The molecule has 0 atom stereocenters. The molecule has 0 amide bonds. The quantitative estimate of drug-likeness (QED) is 0.00652. The zero-order chi connectivity index (χ0) is 75.4. The van der Waals surface area contributed by atoms with Crippen molar-refractivity contribution in [2.24, 2.45) is 10.2 Å². The van der Waals surface area contributed by atoms with Gasteiger partial charge in [0.15, 0.2) is 0 Å². The van der Waals surface area contributed by atoms with Crippen LogP contribution >= 0.6 is 0 Å². The van der Waals surface area contributed by atoms with Gasteiger partial charge in [-0.2, -0.15) is 5.10 Å². The standard InChI is InChI=1S/C84H88N2O20/c1-5-76(87)99-55-21-13-9-17-51-95-68-37-29-63(30-38-68)81(91)103-72-45-25-61(26-46-72)80(62-27-47-73(48-28-62)104-82(92)64-31-39-69(40-32-64)96-52-18-10-14-22-56-100-77(88)6-2)86-85-60-67-59-74(105-83(93)65-33-41-70(42-34-65)97-53-19-11-15-23-57-101-78(89)7-3)49-50-75(67)106-84(94)66-35-43-71(44-36-66)98-54-20-12-16-24-58-102-79(90)8-4/h5-8,25-50,59-60H,1-4,9-24,51-58H2/b85-60+. The first-order valence-electron chi connectivity index (χ1n) is 35.1. The molecule has 0 saturated carbocycles. The number of esters is 8. The number of benzene rings is 7. The molecule has 554 valence electrons. The predicted octanol–water partition coefficient (Wildman–Crippen LogP) is 16.1. The van der Waals surface area contributed by atoms with Gasteiger partial charge in [-0.3, -0.25) is 0 Å². The van der Waals surface area contributed by atoms with E-state index in [2.05, 4.69) is 31.4 Å². The molecule has 0 unspecified atom stereocenters. The molecule has 0 saturated heterocycles. The highest BCUT2D eigenvalue weighted by Crippen LogP contribution is 2.28. The van der Waals surface area contributed by atoms with Crippen LogP contribution in [0.5, 0.6) is 46.0 Å². The van der Waals surface area contributed by atoms with Crippen molar-refractivity contribution >= 4 is 59.7 Å². The number of carbonyl (C=O) groups excluding carboxylic acids is 8. The molecule has 7 rings (SSSR count). The Labute approximate surface area is 617 Å². The molecule has 0 radical (unpaired) electrons. The number of rotatable bonds is 48. The summed E-state index contributed by atoms with van der Waals surface area (Å²) in [6.45, 7) is 16.7. The van der Waals surface area contributed by atoms with Gasteiger partial charge in [-0.25, -0.2) is 38.4 Å². The number of ether oxygens (including phenoxy) is 12. The summed E-state index contributed by atoms with van der Waals surface area (Å²) in [4.78, 5) is 99.6. The third kappa shape index (κ3) is 30.0. The Hall–Kier alpha value is -12.2. The van der Waals surface area contributed by atoms with Gasteiger partial charge in [-0.05, 0) is 267 Å². The van der Waals surface area contributed by atoms with Gasteiger partial charge in [-0.15, -0.1) is 5.10 Å². The first kappa shape index (κ1) is 81.1. The van der Waals surface area contributed by atoms with Gasteiger partial charge in [0.05, 0.1) is 81.3 Å². The fourth-order valence-electron chi connectivity index (χ4n) is 9.90. The molecule has 0 aromatic heterocycles. The molecule has 22 heteroatoms. The van der Waals surface area contributed by atoms with Crippen LogP contribution in [0.15, 0.2) is 225 Å². The highest BCUT2D eigenvalue weighted by atomic mass is 16.6. The Morgan fingerprint density at radius 2 is 0.519 bits per heavy atom. The molecule has 7 aromatic carbocycles. The molecule has 0 heterocycles. The minimum absolute atomic E-state index is 0.0344. The molecule has 0 aliphatic carbocycles. The fourth-order valence-corrected chi connectivity index (χ4v) is 9.90. The van der Waals surface area contributed by atoms with Gasteiger partial charge < -0.3 is 56.8 Å². The van der Waals surface area contributed by atoms with Crippen molar-refractivity contribution in [2.45, 2.75) is 103 Å². The Morgan fingerprint density at radius 3 is 0.811 bits per heavy atom. The van der Waals surface area contributed by atoms with Crippen molar-refractivity contribution in [3.63, 3.8) is 0 Å². The van der Waals surface area contributed by atoms with Gasteiger partial charge in [0, 0.05) is 41.0 Å². The molecular weight excluding hydrogens is 1360 g/mol. The first-order chi connectivity index (χ1) is 51.7. The van der Waals surface area contributed by atoms with Crippen LogP contribution in [0.3, 0.4) is 0 Å². The van der Waals surface area contributed by atoms with Crippen LogP contribution in [0.1, 0.15) is 161 Å². The van der Waals surface area contributed by atoms with Crippen LogP contribution < -0.4 is 37.9 Å². The summed E-state index contributed by atoms with van der Waals surface area (Å²) in [5.41, 5.74) is 2.50. The Balaban J connectivity index is 1.08. The summed E-state index contributed by atoms with van der Waals surface area (Å²) in [6, 6.07) is 43.6. The summed E-state index contributed by atoms with van der Waals surface area (Å²) >= 11 is 0. The van der Waals surface area contributed by atoms with E-state index < -0.39 is 47.8 Å². The van der Waals surface area contributed by atoms with Crippen molar-refractivity contribution in [2.75, 3.05) is 52.9 Å². The largest absolute Gasteiger partial charge is 0.494 e. The summed E-state index contributed by atoms with van der Waals surface area (Å²) in [5.74, 6) is -1.61. The van der Waals surface area contributed by atoms with E-state index in [1.54, 1.807) is 146 Å². The Kier molecular flexibility index (Phi) is 35.5. The topological polar surface area (TPSA) is 272 Å². The minimum atomic E-state index is -0.719. The molecule has 0 spiro atoms. The molecule has 0 aliphatic rings. The highest BCUT2D eigenvalue weighted by molar-refractivity contribution is 6.13. The van der Waals surface area contributed by atoms with E-state index in [9.17, 15) is 38.4 Å². The van der Waals surface area contributed by atoms with Crippen LogP contribution in [0, 0.1) is 0 Å². The first-order valence-corrected chi connectivity index (χ1v) is 35.1. The van der Waals surface area contributed by atoms with Crippen LogP contribution in [0.4, 0.5) is 0 Å². The van der Waals surface area contributed by atoms with Gasteiger partial charge in [0.25, 0.3) is 0 Å². The molecule has 106 heavy (non-hydrogen) atoms. The Bertz CT molecular complexity index is 3930. The normalized spacial score (nSPS) is 10.6. The number of nitrogens with zero attached hydrogens (tertiary/aromatic N) is 2. The second-order valence-electron chi connectivity index (χ2n) is 23.6. The minimum Gasteiger partial charge on any atom is -0.494 e. The van der Waals surface area contributed by atoms with Crippen LogP contribution in [-0.4, -0.2) is 113 Å². The van der Waals surface area contributed by atoms with Crippen LogP contribution in [0.2, 0.25) is 0 Å². The average molecular weight is 1450 g/mol. The number of hydrogen-bond donors (Lipinski definition) is 0. The maximum atomic E-state index is 13.9. The van der Waals surface area contributed by atoms with Gasteiger partial charge in [0.2, 0.25) is 0 Å². The lowest BCUT2D eigenvalue weighted by Gasteiger charge is -2.11. The van der Waals surface area contributed by atoms with Crippen molar-refractivity contribution in [1.82, 2.24) is 0 Å². The monoisotopic (exact) mass is 1440 g/mol. The zero-order valence-corrected chi connectivity index (χ0v) is 59.3. The second-order valence-corrected chi connectivity index (χ2v) is 23.6. The molecule has 0 N–H and O–H groups in total. The number of hydrogen-bond acceptors (Lipinski definition) is 22. The summed E-state index contributed by atoms with van der Waals surface area (Å²) in [5, 5.41) is 9.21. The molecule has 0 aliphatic heterocycles. The van der Waals surface area contributed by atoms with E-state index in [4.69, 9.17) is 61.9 Å². The van der Waals surface area contributed by atoms with E-state index >= 15 is 0 Å². The third-order valence-electron chi connectivity index (χ3n) is 15.7. The molecule has 22 nitrogen and oxygen atoms in total. The highest BCUT2D eigenvalue weighted by Gasteiger charge is 2.18. The summed E-state index contributed by atoms with van der Waals surface area (Å²) in [6.07, 6.45) is 18.8. The molecule has 7 aromatic rings. The summed E-state index contributed by atoms with van der Waals surface area (Å²) in [7, 11) is 0. The fraction of sp³-hybridized carbons (Fsp3) is 0.286. The SMILES string of the molecule is C=CC(=O)OCCCCCCOc1ccc(C(=O)Oc2ccc(C(=N/N=C/c3cc(OC(=O)c4ccc(OCCCCCCOC(=O)C=C)cc4)ccc3OC(=O)c3ccc(OCCCCCCOC(=O)C=C)cc3)c3ccc(OC(=O)c4ccc(OCCCCCCOC(=O)C=C)cc4)cc3)cc2)cc1. The van der Waals surface area contributed by atoms with Crippen molar-refractivity contribution in [3.05, 3.63) is 253 Å². The van der Waals surface area contributed by atoms with E-state index in [0.29, 0.717) is 99.1 Å². The maximum Gasteiger partial charge on any atom is 0.343 e. The lowest BCUT2D eigenvalue weighted by molar-refractivity contribution is -0.138. The Morgan fingerprint density at radius 1 is 0.274 bits per heavy atom. The van der Waals surface area contributed by atoms with E-state index in [1.165, 1.54) is 24.4 Å². The lowest BCUT2D eigenvalue weighted by Crippen LogP contribution is -2.11. The molecule has 0 fully saturated rings. The predicted molar refractivity (Wildman–Crippen MR) is 399 cm³/mol. The second kappa shape index (κ2) is 46.4. The van der Waals surface area contributed by atoms with E-state index in [-0.39, 0.29) is 50.8 Å². The van der Waals surface area contributed by atoms with E-state index in [1.807, 2.05) is 0 Å². The van der Waals surface area contributed by atoms with E-state index in [0.717, 1.165) is 121 Å². The van der Waals surface area contributed by atoms with Gasteiger partial charge in [0.1, 0.15) is 51.7 Å². The average Bonchev–Trinajstić information content (AvgIpc) is 0.815. The molecular formula is C84H88N2O20. The smallest absolute Gasteiger partial charge is 0.343 e.